The Morgan fingerprint density at radius 3 is 1.43 bits per heavy atom. The molecule has 0 spiro atoms. The first kappa shape index (κ1) is 16.6. The van der Waals surface area contributed by atoms with Crippen molar-refractivity contribution in [3.8, 4) is 0 Å². The van der Waals surface area contributed by atoms with Crippen LogP contribution in [-0.2, 0) is 4.74 Å². The maximum absolute atomic E-state index is 6.28. The lowest BCUT2D eigenvalue weighted by Crippen LogP contribution is -2.11. The molecule has 0 heterocycles. The van der Waals surface area contributed by atoms with Crippen molar-refractivity contribution in [2.24, 2.45) is 11.8 Å². The van der Waals surface area contributed by atoms with Crippen LogP contribution in [0.1, 0.15) is 90.9 Å². The minimum Gasteiger partial charge on any atom is -0.467 e. The molecule has 2 rings (SSSR count). The molecule has 2 saturated carbocycles. The van der Waals surface area contributed by atoms with Gasteiger partial charge >= 0.3 is 0 Å². The van der Waals surface area contributed by atoms with Crippen LogP contribution in [0.3, 0.4) is 0 Å². The first-order valence-corrected chi connectivity index (χ1v) is 9.30. The van der Waals surface area contributed by atoms with Crippen molar-refractivity contribution < 1.29 is 4.74 Å². The van der Waals surface area contributed by atoms with Crippen LogP contribution in [0.15, 0.2) is 23.7 Å². The SMILES string of the molecule is CC=C(CC1CCCCC1)OC(=CC)CC1CCCCC1. The largest absolute Gasteiger partial charge is 0.467 e. The first-order valence-electron chi connectivity index (χ1n) is 9.30. The molecular weight excluding hydrogens is 256 g/mol. The molecule has 120 valence electrons. The lowest BCUT2D eigenvalue weighted by atomic mass is 9.86. The van der Waals surface area contributed by atoms with Crippen LogP contribution in [0.25, 0.3) is 0 Å². The van der Waals surface area contributed by atoms with Gasteiger partial charge in [0.25, 0.3) is 0 Å². The van der Waals surface area contributed by atoms with Crippen molar-refractivity contribution in [2.75, 3.05) is 0 Å². The minimum atomic E-state index is 0.859. The van der Waals surface area contributed by atoms with E-state index in [0.717, 1.165) is 24.7 Å². The van der Waals surface area contributed by atoms with E-state index in [1.807, 2.05) is 0 Å². The summed E-state index contributed by atoms with van der Waals surface area (Å²) >= 11 is 0. The van der Waals surface area contributed by atoms with Crippen molar-refractivity contribution >= 4 is 0 Å². The van der Waals surface area contributed by atoms with Crippen LogP contribution in [-0.4, -0.2) is 0 Å². The predicted molar refractivity (Wildman–Crippen MR) is 91.0 cm³/mol. The molecule has 0 N–H and O–H groups in total. The van der Waals surface area contributed by atoms with Crippen molar-refractivity contribution in [1.29, 1.82) is 0 Å². The van der Waals surface area contributed by atoms with Gasteiger partial charge < -0.3 is 4.74 Å². The molecule has 0 amide bonds. The monoisotopic (exact) mass is 290 g/mol. The summed E-state index contributed by atoms with van der Waals surface area (Å²) in [6.07, 6.45) is 20.8. The molecule has 1 nitrogen and oxygen atoms in total. The van der Waals surface area contributed by atoms with E-state index in [1.54, 1.807) is 0 Å². The Hall–Kier alpha value is -0.720. The van der Waals surface area contributed by atoms with Crippen molar-refractivity contribution in [2.45, 2.75) is 90.9 Å². The lowest BCUT2D eigenvalue weighted by Gasteiger charge is -2.25. The fraction of sp³-hybridized carbons (Fsp3) is 0.800. The van der Waals surface area contributed by atoms with Gasteiger partial charge in [0.15, 0.2) is 0 Å². The van der Waals surface area contributed by atoms with Crippen LogP contribution in [0.4, 0.5) is 0 Å². The molecule has 0 radical (unpaired) electrons. The van der Waals surface area contributed by atoms with Gasteiger partial charge in [0.1, 0.15) is 0 Å². The highest BCUT2D eigenvalue weighted by molar-refractivity contribution is 5.02. The topological polar surface area (TPSA) is 9.23 Å². The number of rotatable bonds is 6. The maximum Gasteiger partial charge on any atom is 0.0996 e. The Labute approximate surface area is 131 Å². The summed E-state index contributed by atoms with van der Waals surface area (Å²) in [5.41, 5.74) is 0. The van der Waals surface area contributed by atoms with E-state index in [9.17, 15) is 0 Å². The van der Waals surface area contributed by atoms with E-state index in [4.69, 9.17) is 4.74 Å². The normalized spacial score (nSPS) is 23.3. The van der Waals surface area contributed by atoms with Gasteiger partial charge in [-0.25, -0.2) is 0 Å². The molecule has 0 saturated heterocycles. The van der Waals surface area contributed by atoms with Gasteiger partial charge in [-0.15, -0.1) is 0 Å². The zero-order chi connectivity index (χ0) is 14.9. The molecule has 0 bridgehead atoms. The fourth-order valence-electron chi connectivity index (χ4n) is 3.96. The van der Waals surface area contributed by atoms with Crippen LogP contribution in [0.2, 0.25) is 0 Å². The Morgan fingerprint density at radius 1 is 0.714 bits per heavy atom. The summed E-state index contributed by atoms with van der Waals surface area (Å²) in [6, 6.07) is 0. The van der Waals surface area contributed by atoms with Crippen molar-refractivity contribution in [3.05, 3.63) is 23.7 Å². The molecule has 0 atom stereocenters. The quantitative estimate of drug-likeness (QED) is 0.491. The third-order valence-corrected chi connectivity index (χ3v) is 5.34. The van der Waals surface area contributed by atoms with Gasteiger partial charge in [0.05, 0.1) is 11.5 Å². The second-order valence-corrected chi connectivity index (χ2v) is 7.03. The molecule has 2 fully saturated rings. The van der Waals surface area contributed by atoms with Gasteiger partial charge in [-0.2, -0.15) is 0 Å². The third-order valence-electron chi connectivity index (χ3n) is 5.34. The van der Waals surface area contributed by atoms with Gasteiger partial charge in [-0.3, -0.25) is 0 Å². The van der Waals surface area contributed by atoms with E-state index in [-0.39, 0.29) is 0 Å². The van der Waals surface area contributed by atoms with Crippen LogP contribution < -0.4 is 0 Å². The van der Waals surface area contributed by atoms with Crippen molar-refractivity contribution in [3.63, 3.8) is 0 Å². The number of ether oxygens (including phenoxy) is 1. The van der Waals surface area contributed by atoms with Gasteiger partial charge in [-0.1, -0.05) is 64.2 Å². The number of hydrogen-bond donors (Lipinski definition) is 0. The Bertz CT molecular complexity index is 307. The smallest absolute Gasteiger partial charge is 0.0996 e. The summed E-state index contributed by atoms with van der Waals surface area (Å²) in [7, 11) is 0. The fourth-order valence-corrected chi connectivity index (χ4v) is 3.96. The van der Waals surface area contributed by atoms with Crippen LogP contribution in [0.5, 0.6) is 0 Å². The standard InChI is InChI=1S/C20H34O/c1-3-19(15-17-11-7-5-8-12-17)21-20(4-2)16-18-13-9-6-10-14-18/h3-4,17-18H,5-16H2,1-2H3. The zero-order valence-corrected chi connectivity index (χ0v) is 14.2. The summed E-state index contributed by atoms with van der Waals surface area (Å²) in [5, 5.41) is 0. The van der Waals surface area contributed by atoms with E-state index < -0.39 is 0 Å². The Morgan fingerprint density at radius 2 is 1.10 bits per heavy atom. The highest BCUT2D eigenvalue weighted by Crippen LogP contribution is 2.33. The summed E-state index contributed by atoms with van der Waals surface area (Å²) in [5.74, 6) is 4.15. The predicted octanol–water partition coefficient (Wildman–Crippen LogP) is 6.75. The molecule has 2 aliphatic carbocycles. The zero-order valence-electron chi connectivity index (χ0n) is 14.2. The minimum absolute atomic E-state index is 0.859. The summed E-state index contributed by atoms with van der Waals surface area (Å²) < 4.78 is 6.28. The molecule has 0 unspecified atom stereocenters. The number of hydrogen-bond acceptors (Lipinski definition) is 1. The Balaban J connectivity index is 1.80. The molecule has 0 aromatic heterocycles. The number of allylic oxidation sites excluding steroid dienone is 4. The molecule has 1 heteroatoms. The highest BCUT2D eigenvalue weighted by Gasteiger charge is 2.19. The molecule has 0 aliphatic heterocycles. The van der Waals surface area contributed by atoms with Crippen LogP contribution in [0, 0.1) is 11.8 Å². The molecule has 2 aliphatic rings. The van der Waals surface area contributed by atoms with E-state index in [2.05, 4.69) is 26.0 Å². The maximum atomic E-state index is 6.28. The van der Waals surface area contributed by atoms with Gasteiger partial charge in [0.2, 0.25) is 0 Å². The molecule has 0 aromatic rings. The average Bonchev–Trinajstić information content (AvgIpc) is 2.55. The Kier molecular flexibility index (Phi) is 7.39. The summed E-state index contributed by atoms with van der Waals surface area (Å²) in [6.45, 7) is 4.26. The van der Waals surface area contributed by atoms with E-state index in [1.165, 1.54) is 75.7 Å². The molecule has 21 heavy (non-hydrogen) atoms. The summed E-state index contributed by atoms with van der Waals surface area (Å²) in [4.78, 5) is 0. The van der Waals surface area contributed by atoms with Gasteiger partial charge in [0, 0.05) is 12.8 Å². The van der Waals surface area contributed by atoms with Crippen LogP contribution >= 0.6 is 0 Å². The average molecular weight is 290 g/mol. The highest BCUT2D eigenvalue weighted by atomic mass is 16.5. The second-order valence-electron chi connectivity index (χ2n) is 7.03. The lowest BCUT2D eigenvalue weighted by molar-refractivity contribution is 0.219. The van der Waals surface area contributed by atoms with E-state index >= 15 is 0 Å². The second kappa shape index (κ2) is 9.33. The molecule has 0 aromatic carbocycles. The van der Waals surface area contributed by atoms with Crippen molar-refractivity contribution in [1.82, 2.24) is 0 Å². The first-order chi connectivity index (χ1) is 10.3. The van der Waals surface area contributed by atoms with Gasteiger partial charge in [-0.05, 0) is 37.8 Å². The third kappa shape index (κ3) is 5.88. The molecular formula is C20H34O. The van der Waals surface area contributed by atoms with E-state index in [0.29, 0.717) is 0 Å².